The van der Waals surface area contributed by atoms with Crippen molar-refractivity contribution in [1.29, 1.82) is 0 Å². The lowest BCUT2D eigenvalue weighted by molar-refractivity contribution is 0.148. The molecule has 0 radical (unpaired) electrons. The van der Waals surface area contributed by atoms with Gasteiger partial charge < -0.3 is 15.7 Å². The molecule has 0 saturated carbocycles. The van der Waals surface area contributed by atoms with Crippen LogP contribution in [0.1, 0.15) is 25.0 Å². The number of phenols is 1. The van der Waals surface area contributed by atoms with Gasteiger partial charge in [-0.2, -0.15) is 0 Å². The highest BCUT2D eigenvalue weighted by Gasteiger charge is 2.25. The van der Waals surface area contributed by atoms with Crippen LogP contribution in [0.25, 0.3) is 11.3 Å². The molecule has 0 unspecified atom stereocenters. The zero-order valence-corrected chi connectivity index (χ0v) is 18.6. The van der Waals surface area contributed by atoms with Gasteiger partial charge in [0.1, 0.15) is 11.6 Å². The van der Waals surface area contributed by atoms with Gasteiger partial charge in [-0.15, -0.1) is 0 Å². The molecule has 0 spiro atoms. The Kier molecular flexibility index (Phi) is 6.67. The van der Waals surface area contributed by atoms with Crippen LogP contribution in [0.2, 0.25) is 0 Å². The van der Waals surface area contributed by atoms with Crippen LogP contribution in [0.5, 0.6) is 5.75 Å². The van der Waals surface area contributed by atoms with Crippen LogP contribution in [-0.4, -0.2) is 51.7 Å². The van der Waals surface area contributed by atoms with Crippen molar-refractivity contribution >= 4 is 5.95 Å². The van der Waals surface area contributed by atoms with Crippen molar-refractivity contribution < 1.29 is 9.50 Å². The zero-order chi connectivity index (χ0) is 22.6. The van der Waals surface area contributed by atoms with E-state index in [0.717, 1.165) is 37.3 Å². The van der Waals surface area contributed by atoms with Crippen LogP contribution in [0, 0.1) is 5.82 Å². The number of phenolic OH excluding ortho intramolecular Hbond substituents is 1. The van der Waals surface area contributed by atoms with Gasteiger partial charge in [0.2, 0.25) is 5.95 Å². The summed E-state index contributed by atoms with van der Waals surface area (Å²) in [4.78, 5) is 11.2. The van der Waals surface area contributed by atoms with Crippen molar-refractivity contribution in [2.45, 2.75) is 32.4 Å². The summed E-state index contributed by atoms with van der Waals surface area (Å²) in [7, 11) is 0. The van der Waals surface area contributed by atoms with E-state index in [0.29, 0.717) is 30.2 Å². The molecule has 3 aromatic rings. The molecule has 0 aliphatic carbocycles. The van der Waals surface area contributed by atoms with Gasteiger partial charge in [0.15, 0.2) is 0 Å². The largest absolute Gasteiger partial charge is 0.508 e. The Bertz CT molecular complexity index is 1070. The van der Waals surface area contributed by atoms with Crippen LogP contribution < -0.4 is 10.6 Å². The summed E-state index contributed by atoms with van der Waals surface area (Å²) in [5, 5.41) is 16.3. The number of hydrogen-bond acceptors (Lipinski definition) is 6. The first kappa shape index (κ1) is 22.2. The fourth-order valence-corrected chi connectivity index (χ4v) is 4.13. The zero-order valence-electron chi connectivity index (χ0n) is 18.6. The van der Waals surface area contributed by atoms with Gasteiger partial charge in [0, 0.05) is 50.0 Å². The molecule has 1 aromatic heterocycles. The summed E-state index contributed by atoms with van der Waals surface area (Å²) in [5.41, 5.74) is 3.20. The molecule has 2 aromatic carbocycles. The first-order valence-corrected chi connectivity index (χ1v) is 11.0. The third kappa shape index (κ3) is 5.81. The van der Waals surface area contributed by atoms with Crippen molar-refractivity contribution in [2.75, 3.05) is 31.5 Å². The minimum Gasteiger partial charge on any atom is -0.508 e. The maximum atomic E-state index is 14.7. The first-order chi connectivity index (χ1) is 15.4. The summed E-state index contributed by atoms with van der Waals surface area (Å²) in [5.74, 6) is 0.413. The maximum absolute atomic E-state index is 14.7. The Balaban J connectivity index is 1.44. The topological polar surface area (TPSA) is 73.3 Å². The van der Waals surface area contributed by atoms with E-state index in [9.17, 15) is 9.50 Å². The number of halogens is 1. The molecule has 32 heavy (non-hydrogen) atoms. The van der Waals surface area contributed by atoms with Crippen LogP contribution in [0.4, 0.5) is 10.3 Å². The van der Waals surface area contributed by atoms with Crippen LogP contribution in [0.3, 0.4) is 0 Å². The van der Waals surface area contributed by atoms with Crippen LogP contribution in [0.15, 0.2) is 54.7 Å². The maximum Gasteiger partial charge on any atom is 0.223 e. The number of anilines is 1. The van der Waals surface area contributed by atoms with E-state index >= 15 is 0 Å². The number of benzene rings is 2. The predicted molar refractivity (Wildman–Crippen MR) is 125 cm³/mol. The second kappa shape index (κ2) is 9.63. The van der Waals surface area contributed by atoms with Crippen LogP contribution in [-0.2, 0) is 13.0 Å². The molecular weight excluding hydrogens is 405 g/mol. The Hall–Kier alpha value is -3.03. The SMILES string of the molecule is CC1(C)CN(Cc2ccc(F)c(-c3ccnc(NCCc4cccc(O)c4)n3)c2)CCN1. The second-order valence-electron chi connectivity index (χ2n) is 8.95. The summed E-state index contributed by atoms with van der Waals surface area (Å²) in [6.07, 6.45) is 2.36. The van der Waals surface area contributed by atoms with E-state index in [1.54, 1.807) is 24.4 Å². The van der Waals surface area contributed by atoms with Gasteiger partial charge in [-0.1, -0.05) is 18.2 Å². The van der Waals surface area contributed by atoms with E-state index in [1.165, 1.54) is 6.07 Å². The summed E-state index contributed by atoms with van der Waals surface area (Å²) >= 11 is 0. The number of hydrogen-bond donors (Lipinski definition) is 3. The molecule has 2 heterocycles. The highest BCUT2D eigenvalue weighted by molar-refractivity contribution is 5.61. The Morgan fingerprint density at radius 3 is 2.84 bits per heavy atom. The lowest BCUT2D eigenvalue weighted by atomic mass is 10.0. The molecule has 3 N–H and O–H groups in total. The lowest BCUT2D eigenvalue weighted by Gasteiger charge is -2.39. The van der Waals surface area contributed by atoms with E-state index in [-0.39, 0.29) is 17.1 Å². The lowest BCUT2D eigenvalue weighted by Crippen LogP contribution is -2.56. The smallest absolute Gasteiger partial charge is 0.223 e. The third-order valence-electron chi connectivity index (χ3n) is 5.63. The number of piperazine rings is 1. The number of aromatic nitrogens is 2. The molecule has 1 aliphatic rings. The average molecular weight is 436 g/mol. The third-order valence-corrected chi connectivity index (χ3v) is 5.63. The van der Waals surface area contributed by atoms with E-state index in [1.807, 2.05) is 24.3 Å². The van der Waals surface area contributed by atoms with Crippen molar-refractivity contribution in [1.82, 2.24) is 20.2 Å². The summed E-state index contributed by atoms with van der Waals surface area (Å²) < 4.78 is 14.7. The molecule has 0 atom stereocenters. The van der Waals surface area contributed by atoms with Crippen molar-refractivity contribution in [3.63, 3.8) is 0 Å². The molecule has 6 nitrogen and oxygen atoms in total. The van der Waals surface area contributed by atoms with Crippen molar-refractivity contribution in [3.05, 3.63) is 71.7 Å². The monoisotopic (exact) mass is 435 g/mol. The predicted octanol–water partition coefficient (Wildman–Crippen LogP) is 3.83. The van der Waals surface area contributed by atoms with Gasteiger partial charge in [-0.25, -0.2) is 14.4 Å². The fourth-order valence-electron chi connectivity index (χ4n) is 4.13. The molecule has 168 valence electrons. The summed E-state index contributed by atoms with van der Waals surface area (Å²) in [6, 6.07) is 14.2. The van der Waals surface area contributed by atoms with Gasteiger partial charge in [-0.3, -0.25) is 4.90 Å². The van der Waals surface area contributed by atoms with Gasteiger partial charge in [0.05, 0.1) is 5.69 Å². The molecule has 1 aliphatic heterocycles. The standard InChI is InChI=1S/C25H30FN5O/c1-25(2)17-31(13-12-29-25)16-19-6-7-22(26)21(15-19)23-9-11-28-24(30-23)27-10-8-18-4-3-5-20(32)14-18/h3-7,9,11,14-15,29,32H,8,10,12-13,16-17H2,1-2H3,(H,27,28,30). The molecular formula is C25H30FN5O. The normalized spacial score (nSPS) is 16.1. The quantitative estimate of drug-likeness (QED) is 0.524. The van der Waals surface area contributed by atoms with Crippen LogP contribution >= 0.6 is 0 Å². The molecule has 1 fully saturated rings. The molecule has 0 amide bonds. The molecule has 4 rings (SSSR count). The number of aromatic hydroxyl groups is 1. The van der Waals surface area contributed by atoms with Crippen molar-refractivity contribution in [3.8, 4) is 17.0 Å². The second-order valence-corrected chi connectivity index (χ2v) is 8.95. The minimum atomic E-state index is -0.293. The van der Waals surface area contributed by atoms with E-state index < -0.39 is 0 Å². The van der Waals surface area contributed by atoms with Crippen molar-refractivity contribution in [2.24, 2.45) is 0 Å². The average Bonchev–Trinajstić information content (AvgIpc) is 2.75. The highest BCUT2D eigenvalue weighted by Crippen LogP contribution is 2.24. The number of rotatable bonds is 7. The fraction of sp³-hybridized carbons (Fsp3) is 0.360. The van der Waals surface area contributed by atoms with Gasteiger partial charge in [0.25, 0.3) is 0 Å². The molecule has 0 bridgehead atoms. The highest BCUT2D eigenvalue weighted by atomic mass is 19.1. The number of nitrogens with one attached hydrogen (secondary N) is 2. The Labute approximate surface area is 188 Å². The Morgan fingerprint density at radius 2 is 2.03 bits per heavy atom. The number of nitrogens with zero attached hydrogens (tertiary/aromatic N) is 3. The summed E-state index contributed by atoms with van der Waals surface area (Å²) in [6.45, 7) is 8.64. The first-order valence-electron chi connectivity index (χ1n) is 11.0. The molecule has 7 heteroatoms. The van der Waals surface area contributed by atoms with Gasteiger partial charge in [-0.05, 0) is 61.7 Å². The van der Waals surface area contributed by atoms with Gasteiger partial charge >= 0.3 is 0 Å². The minimum absolute atomic E-state index is 0.0762. The Morgan fingerprint density at radius 1 is 1.16 bits per heavy atom. The molecule has 1 saturated heterocycles. The van der Waals surface area contributed by atoms with E-state index in [2.05, 4.69) is 39.3 Å². The van der Waals surface area contributed by atoms with E-state index in [4.69, 9.17) is 0 Å².